The SMILES string of the molecule is CC(=O)N1C[C@H](c2ccc(OC(F)F)c(OCC3CC3)c2)C[C@@H]1CNC(=O)c1ccc(C(N)O)cn1. The first kappa shape index (κ1) is 25.8. The maximum absolute atomic E-state index is 12.9. The molecule has 1 aromatic carbocycles. The van der Waals surface area contributed by atoms with Gasteiger partial charge in [0, 0.05) is 43.7 Å². The Morgan fingerprint density at radius 1 is 1.25 bits per heavy atom. The van der Waals surface area contributed by atoms with Crippen LogP contribution in [0.2, 0.25) is 0 Å². The minimum absolute atomic E-state index is 0.0136. The van der Waals surface area contributed by atoms with Crippen LogP contribution in [0.5, 0.6) is 11.5 Å². The molecule has 36 heavy (non-hydrogen) atoms. The van der Waals surface area contributed by atoms with Crippen molar-refractivity contribution in [2.45, 2.75) is 51.0 Å². The van der Waals surface area contributed by atoms with Crippen molar-refractivity contribution in [1.82, 2.24) is 15.2 Å². The fourth-order valence-electron chi connectivity index (χ4n) is 4.33. The first-order chi connectivity index (χ1) is 17.2. The Labute approximate surface area is 207 Å². The number of benzene rings is 1. The smallest absolute Gasteiger partial charge is 0.387 e. The molecule has 4 rings (SSSR count). The number of nitrogens with one attached hydrogen (secondary N) is 1. The number of likely N-dealkylation sites (tertiary alicyclic amines) is 1. The molecule has 194 valence electrons. The topological polar surface area (TPSA) is 127 Å². The van der Waals surface area contributed by atoms with Crippen molar-refractivity contribution in [1.29, 1.82) is 0 Å². The Morgan fingerprint density at radius 3 is 2.64 bits per heavy atom. The number of aromatic nitrogens is 1. The first-order valence-electron chi connectivity index (χ1n) is 11.9. The van der Waals surface area contributed by atoms with Gasteiger partial charge < -0.3 is 30.5 Å². The van der Waals surface area contributed by atoms with Gasteiger partial charge in [0.25, 0.3) is 5.91 Å². The number of nitrogens with two attached hydrogens (primary N) is 1. The highest BCUT2D eigenvalue weighted by Crippen LogP contribution is 2.38. The van der Waals surface area contributed by atoms with Gasteiger partial charge in [-0.15, -0.1) is 0 Å². The average Bonchev–Trinajstić information content (AvgIpc) is 3.58. The molecule has 2 amide bonds. The maximum Gasteiger partial charge on any atom is 0.387 e. The third-order valence-corrected chi connectivity index (χ3v) is 6.50. The fraction of sp³-hybridized carbons (Fsp3) is 0.480. The molecule has 2 heterocycles. The van der Waals surface area contributed by atoms with Gasteiger partial charge in [-0.2, -0.15) is 8.78 Å². The van der Waals surface area contributed by atoms with Crippen molar-refractivity contribution in [3.8, 4) is 11.5 Å². The van der Waals surface area contributed by atoms with Crippen LogP contribution >= 0.6 is 0 Å². The molecule has 1 saturated heterocycles. The van der Waals surface area contributed by atoms with Crippen LogP contribution < -0.4 is 20.5 Å². The minimum Gasteiger partial charge on any atom is -0.489 e. The number of halogens is 2. The second-order valence-electron chi connectivity index (χ2n) is 9.23. The maximum atomic E-state index is 12.9. The van der Waals surface area contributed by atoms with Gasteiger partial charge in [0.1, 0.15) is 11.9 Å². The van der Waals surface area contributed by atoms with Gasteiger partial charge in [-0.1, -0.05) is 12.1 Å². The van der Waals surface area contributed by atoms with E-state index in [1.807, 2.05) is 0 Å². The molecule has 1 unspecified atom stereocenters. The molecular weight excluding hydrogens is 474 g/mol. The van der Waals surface area contributed by atoms with Gasteiger partial charge >= 0.3 is 6.61 Å². The lowest BCUT2D eigenvalue weighted by atomic mass is 9.96. The lowest BCUT2D eigenvalue weighted by molar-refractivity contribution is -0.129. The van der Waals surface area contributed by atoms with Crippen molar-refractivity contribution < 1.29 is 33.0 Å². The number of pyridine rings is 1. The lowest BCUT2D eigenvalue weighted by Crippen LogP contribution is -2.42. The van der Waals surface area contributed by atoms with Crippen molar-refractivity contribution in [2.24, 2.45) is 11.7 Å². The average molecular weight is 505 g/mol. The molecule has 3 atom stereocenters. The zero-order chi connectivity index (χ0) is 25.8. The van der Waals surface area contributed by atoms with E-state index in [1.54, 1.807) is 17.0 Å². The number of aliphatic hydroxyl groups is 1. The fourth-order valence-corrected chi connectivity index (χ4v) is 4.33. The highest BCUT2D eigenvalue weighted by Gasteiger charge is 2.35. The molecule has 1 aromatic heterocycles. The summed E-state index contributed by atoms with van der Waals surface area (Å²) in [5, 5.41) is 12.2. The Balaban J connectivity index is 1.43. The predicted octanol–water partition coefficient (Wildman–Crippen LogP) is 2.56. The molecule has 2 aliphatic rings. The highest BCUT2D eigenvalue weighted by molar-refractivity contribution is 5.92. The number of amides is 2. The van der Waals surface area contributed by atoms with Crippen molar-refractivity contribution in [3.63, 3.8) is 0 Å². The molecule has 0 radical (unpaired) electrons. The van der Waals surface area contributed by atoms with Gasteiger partial charge in [-0.3, -0.25) is 14.6 Å². The number of carbonyl (C=O) groups is 2. The lowest BCUT2D eigenvalue weighted by Gasteiger charge is -2.23. The molecule has 1 aliphatic heterocycles. The van der Waals surface area contributed by atoms with Crippen molar-refractivity contribution >= 4 is 11.8 Å². The molecule has 4 N–H and O–H groups in total. The minimum atomic E-state index is -2.96. The summed E-state index contributed by atoms with van der Waals surface area (Å²) in [6.45, 7) is -0.400. The van der Waals surface area contributed by atoms with Crippen molar-refractivity contribution in [2.75, 3.05) is 19.7 Å². The summed E-state index contributed by atoms with van der Waals surface area (Å²) < 4.78 is 36.1. The van der Waals surface area contributed by atoms with Crippen LogP contribution in [0.15, 0.2) is 36.5 Å². The van der Waals surface area contributed by atoms with E-state index in [-0.39, 0.29) is 41.6 Å². The standard InChI is InChI=1S/C25H30F2N4O5/c1-14(32)31-12-18(8-19(31)11-30-24(34)20-6-4-17(10-29-20)23(28)33)16-5-7-21(36-25(26)27)22(9-16)35-13-15-2-3-15/h4-7,9-10,15,18-19,23,25,33H,2-3,8,11-13,28H2,1H3,(H,30,34)/t18-,19-,23?/m1/s1. The molecular formula is C25H30F2N4O5. The first-order valence-corrected chi connectivity index (χ1v) is 11.9. The Bertz CT molecular complexity index is 1080. The second kappa shape index (κ2) is 11.2. The Morgan fingerprint density at radius 2 is 2.03 bits per heavy atom. The van der Waals surface area contributed by atoms with Crippen LogP contribution in [-0.4, -0.2) is 59.2 Å². The summed E-state index contributed by atoms with van der Waals surface area (Å²) >= 11 is 0. The number of rotatable bonds is 10. The van der Waals surface area contributed by atoms with Crippen LogP contribution in [0.3, 0.4) is 0 Å². The van der Waals surface area contributed by atoms with Gasteiger partial charge in [0.2, 0.25) is 5.91 Å². The van der Waals surface area contributed by atoms with Gasteiger partial charge in [-0.05, 0) is 48.9 Å². The van der Waals surface area contributed by atoms with Crippen LogP contribution in [0.4, 0.5) is 8.78 Å². The summed E-state index contributed by atoms with van der Waals surface area (Å²) in [7, 11) is 0. The molecule has 2 aromatic rings. The zero-order valence-corrected chi connectivity index (χ0v) is 19.9. The van der Waals surface area contributed by atoms with Crippen LogP contribution in [0.1, 0.15) is 59.9 Å². The Kier molecular flexibility index (Phi) is 8.00. The number of hydrogen-bond acceptors (Lipinski definition) is 7. The third-order valence-electron chi connectivity index (χ3n) is 6.50. The second-order valence-corrected chi connectivity index (χ2v) is 9.23. The van der Waals surface area contributed by atoms with E-state index in [9.17, 15) is 23.5 Å². The van der Waals surface area contributed by atoms with E-state index in [4.69, 9.17) is 10.5 Å². The zero-order valence-electron chi connectivity index (χ0n) is 19.9. The monoisotopic (exact) mass is 504 g/mol. The highest BCUT2D eigenvalue weighted by atomic mass is 19.3. The summed E-state index contributed by atoms with van der Waals surface area (Å²) in [5.74, 6) is 0.0847. The van der Waals surface area contributed by atoms with Crippen LogP contribution in [-0.2, 0) is 4.79 Å². The molecule has 1 aliphatic carbocycles. The van der Waals surface area contributed by atoms with E-state index in [0.29, 0.717) is 31.1 Å². The number of ether oxygens (including phenoxy) is 2. The number of alkyl halides is 2. The number of carbonyl (C=O) groups excluding carboxylic acids is 2. The quantitative estimate of drug-likeness (QED) is 0.425. The third kappa shape index (κ3) is 6.46. The summed E-state index contributed by atoms with van der Waals surface area (Å²) in [5.41, 5.74) is 6.78. The predicted molar refractivity (Wildman–Crippen MR) is 126 cm³/mol. The largest absolute Gasteiger partial charge is 0.489 e. The summed E-state index contributed by atoms with van der Waals surface area (Å²) in [4.78, 5) is 30.6. The number of nitrogens with zero attached hydrogens (tertiary/aromatic N) is 2. The van der Waals surface area contributed by atoms with E-state index >= 15 is 0 Å². The van der Waals surface area contributed by atoms with E-state index in [1.165, 1.54) is 31.3 Å². The molecule has 2 fully saturated rings. The van der Waals surface area contributed by atoms with E-state index in [0.717, 1.165) is 18.4 Å². The molecule has 0 bridgehead atoms. The normalized spacial score (nSPS) is 20.3. The van der Waals surface area contributed by atoms with Crippen molar-refractivity contribution in [3.05, 3.63) is 53.3 Å². The van der Waals surface area contributed by atoms with Gasteiger partial charge in [0.15, 0.2) is 11.5 Å². The summed E-state index contributed by atoms with van der Waals surface area (Å²) in [6, 6.07) is 7.63. The molecule has 11 heteroatoms. The van der Waals surface area contributed by atoms with Gasteiger partial charge in [0.05, 0.1) is 6.61 Å². The number of aliphatic hydroxyl groups excluding tert-OH is 1. The number of hydrogen-bond donors (Lipinski definition) is 3. The van der Waals surface area contributed by atoms with E-state index < -0.39 is 18.7 Å². The molecule has 1 saturated carbocycles. The van der Waals surface area contributed by atoms with Crippen LogP contribution in [0, 0.1) is 5.92 Å². The molecule has 9 nitrogen and oxygen atoms in total. The van der Waals surface area contributed by atoms with Crippen LogP contribution in [0.25, 0.3) is 0 Å². The van der Waals surface area contributed by atoms with E-state index in [2.05, 4.69) is 15.0 Å². The molecule has 0 spiro atoms. The Hall–Kier alpha value is -3.31. The van der Waals surface area contributed by atoms with Gasteiger partial charge in [-0.25, -0.2) is 0 Å². The summed E-state index contributed by atoms with van der Waals surface area (Å²) in [6.07, 6.45) is 2.84.